The summed E-state index contributed by atoms with van der Waals surface area (Å²) in [7, 11) is 0. The van der Waals surface area contributed by atoms with Crippen LogP contribution in [0.15, 0.2) is 35.0 Å². The minimum Gasteiger partial charge on any atom is -0.380 e. The highest BCUT2D eigenvalue weighted by atomic mass is 35.5. The lowest BCUT2D eigenvalue weighted by Gasteiger charge is -2.02. The van der Waals surface area contributed by atoms with Gasteiger partial charge in [0, 0.05) is 10.7 Å². The van der Waals surface area contributed by atoms with E-state index in [0.717, 1.165) is 22.4 Å². The number of nitrogens with zero attached hydrogens (tertiary/aromatic N) is 2. The first-order valence-corrected chi connectivity index (χ1v) is 6.06. The van der Waals surface area contributed by atoms with Crippen molar-refractivity contribution in [3.63, 3.8) is 0 Å². The molecule has 3 aromatic rings. The van der Waals surface area contributed by atoms with Gasteiger partial charge in [-0.15, -0.1) is 0 Å². The zero-order valence-electron chi connectivity index (χ0n) is 10.1. The van der Waals surface area contributed by atoms with Crippen LogP contribution in [0.1, 0.15) is 5.69 Å². The van der Waals surface area contributed by atoms with Crippen LogP contribution in [-0.4, -0.2) is 15.4 Å². The third kappa shape index (κ3) is 1.98. The van der Waals surface area contributed by atoms with Crippen LogP contribution >= 0.6 is 11.6 Å². The van der Waals surface area contributed by atoms with E-state index < -0.39 is 0 Å². The molecule has 5 nitrogen and oxygen atoms in total. The van der Waals surface area contributed by atoms with Crippen molar-refractivity contribution >= 4 is 17.4 Å². The molecular weight excluding hydrogens is 264 g/mol. The molecule has 19 heavy (non-hydrogen) atoms. The first kappa shape index (κ1) is 11.8. The van der Waals surface area contributed by atoms with E-state index in [-0.39, 0.29) is 0 Å². The minimum absolute atomic E-state index is 0.331. The summed E-state index contributed by atoms with van der Waals surface area (Å²) in [5.41, 5.74) is 9.21. The molecule has 0 atom stereocenters. The van der Waals surface area contributed by atoms with Gasteiger partial charge in [-0.2, -0.15) is 5.10 Å². The SMILES string of the molecule is Cc1[nH]ncc1-c1onc(N)c1-c1cccc(Cl)c1. The van der Waals surface area contributed by atoms with E-state index in [1.165, 1.54) is 0 Å². The number of anilines is 1. The average Bonchev–Trinajstić information content (AvgIpc) is 2.95. The summed E-state index contributed by atoms with van der Waals surface area (Å²) in [4.78, 5) is 0. The van der Waals surface area contributed by atoms with Gasteiger partial charge in [0.05, 0.1) is 17.3 Å². The van der Waals surface area contributed by atoms with E-state index >= 15 is 0 Å². The second-order valence-electron chi connectivity index (χ2n) is 4.19. The normalized spacial score (nSPS) is 10.8. The summed E-state index contributed by atoms with van der Waals surface area (Å²) in [5, 5.41) is 11.3. The van der Waals surface area contributed by atoms with Crippen LogP contribution in [-0.2, 0) is 0 Å². The number of aryl methyl sites for hydroxylation is 1. The van der Waals surface area contributed by atoms with Crippen molar-refractivity contribution in [1.82, 2.24) is 15.4 Å². The van der Waals surface area contributed by atoms with Gasteiger partial charge in [0.15, 0.2) is 11.6 Å². The Morgan fingerprint density at radius 3 is 2.89 bits per heavy atom. The van der Waals surface area contributed by atoms with Crippen molar-refractivity contribution in [2.24, 2.45) is 0 Å². The number of benzene rings is 1. The Morgan fingerprint density at radius 1 is 1.37 bits per heavy atom. The van der Waals surface area contributed by atoms with Gasteiger partial charge in [0.2, 0.25) is 0 Å². The molecule has 0 aliphatic heterocycles. The first-order chi connectivity index (χ1) is 9.16. The Hall–Kier alpha value is -2.27. The number of nitrogen functional groups attached to an aromatic ring is 1. The van der Waals surface area contributed by atoms with Crippen LogP contribution in [0.3, 0.4) is 0 Å². The molecule has 0 fully saturated rings. The molecule has 0 saturated heterocycles. The minimum atomic E-state index is 0.331. The molecule has 0 spiro atoms. The molecule has 3 rings (SSSR count). The first-order valence-electron chi connectivity index (χ1n) is 5.68. The van der Waals surface area contributed by atoms with Crippen molar-refractivity contribution in [3.05, 3.63) is 41.2 Å². The summed E-state index contributed by atoms with van der Waals surface area (Å²) >= 11 is 6.01. The predicted molar refractivity (Wildman–Crippen MR) is 73.7 cm³/mol. The summed E-state index contributed by atoms with van der Waals surface area (Å²) in [6.45, 7) is 1.91. The van der Waals surface area contributed by atoms with Gasteiger partial charge in [-0.3, -0.25) is 5.10 Å². The van der Waals surface area contributed by atoms with Crippen LogP contribution in [0.5, 0.6) is 0 Å². The third-order valence-corrected chi connectivity index (χ3v) is 3.14. The fourth-order valence-electron chi connectivity index (χ4n) is 1.99. The maximum Gasteiger partial charge on any atom is 0.180 e. The Bertz CT molecular complexity index is 732. The van der Waals surface area contributed by atoms with Gasteiger partial charge in [-0.1, -0.05) is 28.9 Å². The number of H-pyrrole nitrogens is 1. The molecule has 6 heteroatoms. The molecule has 0 saturated carbocycles. The highest BCUT2D eigenvalue weighted by Gasteiger charge is 2.20. The number of hydrogen-bond donors (Lipinski definition) is 2. The average molecular weight is 275 g/mol. The second kappa shape index (κ2) is 4.44. The maximum atomic E-state index is 6.01. The lowest BCUT2D eigenvalue weighted by atomic mass is 10.0. The number of rotatable bonds is 2. The Kier molecular flexibility index (Phi) is 2.76. The molecule has 0 bridgehead atoms. The molecule has 2 aromatic heterocycles. The van der Waals surface area contributed by atoms with Gasteiger partial charge in [0.25, 0.3) is 0 Å². The largest absolute Gasteiger partial charge is 0.380 e. The second-order valence-corrected chi connectivity index (χ2v) is 4.63. The lowest BCUT2D eigenvalue weighted by Crippen LogP contribution is -1.89. The van der Waals surface area contributed by atoms with E-state index in [0.29, 0.717) is 16.6 Å². The number of nitrogens with two attached hydrogens (primary N) is 1. The number of nitrogens with one attached hydrogen (secondary N) is 1. The zero-order chi connectivity index (χ0) is 13.4. The maximum absolute atomic E-state index is 6.01. The number of halogens is 1. The van der Waals surface area contributed by atoms with Crippen molar-refractivity contribution in [1.29, 1.82) is 0 Å². The summed E-state index contributed by atoms with van der Waals surface area (Å²) < 4.78 is 5.34. The molecule has 1 aromatic carbocycles. The van der Waals surface area contributed by atoms with Crippen molar-refractivity contribution in [3.8, 4) is 22.5 Å². The molecule has 0 amide bonds. The molecule has 3 N–H and O–H groups in total. The molecule has 0 aliphatic carbocycles. The fourth-order valence-corrected chi connectivity index (χ4v) is 2.18. The van der Waals surface area contributed by atoms with E-state index in [1.54, 1.807) is 12.3 Å². The summed E-state index contributed by atoms with van der Waals surface area (Å²) in [5.74, 6) is 0.920. The van der Waals surface area contributed by atoms with E-state index in [2.05, 4.69) is 15.4 Å². The molecular formula is C13H11ClN4O. The standard InChI is InChI=1S/C13H11ClN4O/c1-7-10(6-16-17-7)12-11(13(15)18-19-12)8-3-2-4-9(14)5-8/h2-6H,1H3,(H2,15,18)(H,16,17). The molecule has 96 valence electrons. The van der Waals surface area contributed by atoms with Crippen molar-refractivity contribution in [2.75, 3.05) is 5.73 Å². The van der Waals surface area contributed by atoms with Crippen LogP contribution in [0.2, 0.25) is 5.02 Å². The van der Waals surface area contributed by atoms with E-state index in [4.69, 9.17) is 21.9 Å². The van der Waals surface area contributed by atoms with Crippen LogP contribution in [0.25, 0.3) is 22.5 Å². The Labute approximate surface area is 114 Å². The topological polar surface area (TPSA) is 80.7 Å². The quantitative estimate of drug-likeness (QED) is 0.751. The van der Waals surface area contributed by atoms with E-state index in [9.17, 15) is 0 Å². The van der Waals surface area contributed by atoms with E-state index in [1.807, 2.05) is 25.1 Å². The predicted octanol–water partition coefficient (Wildman–Crippen LogP) is 3.28. The monoisotopic (exact) mass is 274 g/mol. The number of hydrogen-bond acceptors (Lipinski definition) is 4. The van der Waals surface area contributed by atoms with Crippen molar-refractivity contribution in [2.45, 2.75) is 6.92 Å². The summed E-state index contributed by atoms with van der Waals surface area (Å²) in [6.07, 6.45) is 1.68. The van der Waals surface area contributed by atoms with Crippen LogP contribution < -0.4 is 5.73 Å². The Balaban J connectivity index is 2.22. The number of aromatic amines is 1. The fraction of sp³-hybridized carbons (Fsp3) is 0.0769. The lowest BCUT2D eigenvalue weighted by molar-refractivity contribution is 0.436. The smallest absolute Gasteiger partial charge is 0.180 e. The highest BCUT2D eigenvalue weighted by Crippen LogP contribution is 2.37. The van der Waals surface area contributed by atoms with Gasteiger partial charge in [-0.25, -0.2) is 0 Å². The molecule has 0 radical (unpaired) electrons. The van der Waals surface area contributed by atoms with Crippen LogP contribution in [0.4, 0.5) is 5.82 Å². The van der Waals surface area contributed by atoms with Crippen LogP contribution in [0, 0.1) is 6.92 Å². The molecule has 2 heterocycles. The Morgan fingerprint density at radius 2 is 2.21 bits per heavy atom. The number of aromatic nitrogens is 3. The highest BCUT2D eigenvalue weighted by molar-refractivity contribution is 6.30. The molecule has 0 aliphatic rings. The van der Waals surface area contributed by atoms with Gasteiger partial charge < -0.3 is 10.3 Å². The zero-order valence-corrected chi connectivity index (χ0v) is 10.9. The van der Waals surface area contributed by atoms with Gasteiger partial charge in [-0.05, 0) is 24.6 Å². The van der Waals surface area contributed by atoms with Gasteiger partial charge in [0.1, 0.15) is 0 Å². The van der Waals surface area contributed by atoms with Crippen molar-refractivity contribution < 1.29 is 4.52 Å². The molecule has 0 unspecified atom stereocenters. The third-order valence-electron chi connectivity index (χ3n) is 2.91. The van der Waals surface area contributed by atoms with Gasteiger partial charge >= 0.3 is 0 Å². The summed E-state index contributed by atoms with van der Waals surface area (Å²) in [6, 6.07) is 7.39.